The predicted octanol–water partition coefficient (Wildman–Crippen LogP) is 2.51. The zero-order chi connectivity index (χ0) is 11.0. The zero-order valence-electron chi connectivity index (χ0n) is 8.50. The van der Waals surface area contributed by atoms with Crippen LogP contribution in [0, 0.1) is 5.82 Å². The van der Waals surface area contributed by atoms with E-state index in [1.54, 1.807) is 6.92 Å². The van der Waals surface area contributed by atoms with Crippen molar-refractivity contribution in [2.75, 3.05) is 7.11 Å². The Morgan fingerprint density at radius 3 is 2.87 bits per heavy atom. The molecule has 1 aromatic rings. The lowest BCUT2D eigenvalue weighted by atomic mass is 9.99. The quantitative estimate of drug-likeness (QED) is 0.709. The number of nitrogens with zero attached hydrogens (tertiary/aromatic N) is 1. The predicted molar refractivity (Wildman–Crippen MR) is 54.7 cm³/mol. The van der Waals surface area contributed by atoms with Crippen molar-refractivity contribution in [3.63, 3.8) is 0 Å². The summed E-state index contributed by atoms with van der Waals surface area (Å²) in [7, 11) is 1.41. The van der Waals surface area contributed by atoms with Crippen molar-refractivity contribution in [2.45, 2.75) is 13.3 Å². The molecule has 1 aliphatic rings. The van der Waals surface area contributed by atoms with Gasteiger partial charge in [0.1, 0.15) is 11.6 Å². The Morgan fingerprint density at radius 1 is 1.47 bits per heavy atom. The first kappa shape index (κ1) is 9.83. The number of benzene rings is 1. The van der Waals surface area contributed by atoms with Crippen LogP contribution in [0.15, 0.2) is 17.1 Å². The van der Waals surface area contributed by atoms with E-state index in [1.165, 1.54) is 19.2 Å². The van der Waals surface area contributed by atoms with Crippen LogP contribution in [0.5, 0.6) is 5.75 Å². The number of rotatable bonds is 1. The molecule has 0 fully saturated rings. The highest BCUT2D eigenvalue weighted by Gasteiger charge is 2.23. The summed E-state index contributed by atoms with van der Waals surface area (Å²) < 4.78 is 18.1. The molecule has 0 amide bonds. The van der Waals surface area contributed by atoms with Crippen molar-refractivity contribution in [3.8, 4) is 5.75 Å². The minimum Gasteiger partial charge on any atom is -0.496 e. The molecule has 0 N–H and O–H groups in total. The fraction of sp³-hybridized carbons (Fsp3) is 0.273. The average molecular weight is 207 g/mol. The van der Waals surface area contributed by atoms with Crippen molar-refractivity contribution in [1.29, 1.82) is 0 Å². The Balaban J connectivity index is 2.69. The van der Waals surface area contributed by atoms with E-state index in [4.69, 9.17) is 4.74 Å². The number of ether oxygens (including phenoxy) is 1. The lowest BCUT2D eigenvalue weighted by Gasteiger charge is -2.15. The SMILES string of the molecule is COc1cc(F)cc2c1C(=O)CC(C)=N2. The molecule has 4 heteroatoms. The maximum absolute atomic E-state index is 13.1. The van der Waals surface area contributed by atoms with E-state index in [-0.39, 0.29) is 18.0 Å². The largest absolute Gasteiger partial charge is 0.496 e. The zero-order valence-corrected chi connectivity index (χ0v) is 8.50. The van der Waals surface area contributed by atoms with Gasteiger partial charge in [0.05, 0.1) is 18.4 Å². The third-order valence-corrected chi connectivity index (χ3v) is 2.27. The van der Waals surface area contributed by atoms with E-state index in [9.17, 15) is 9.18 Å². The first-order valence-electron chi connectivity index (χ1n) is 4.56. The first-order valence-corrected chi connectivity index (χ1v) is 4.56. The monoisotopic (exact) mass is 207 g/mol. The van der Waals surface area contributed by atoms with Crippen LogP contribution in [-0.2, 0) is 0 Å². The van der Waals surface area contributed by atoms with Crippen molar-refractivity contribution < 1.29 is 13.9 Å². The molecule has 2 rings (SSSR count). The first-order chi connectivity index (χ1) is 7.11. The third kappa shape index (κ3) is 1.63. The van der Waals surface area contributed by atoms with E-state index in [0.717, 1.165) is 0 Å². The van der Waals surface area contributed by atoms with Crippen LogP contribution in [0.25, 0.3) is 0 Å². The number of fused-ring (bicyclic) bond motifs is 1. The topological polar surface area (TPSA) is 38.7 Å². The molecule has 0 unspecified atom stereocenters. The molecule has 0 atom stereocenters. The second kappa shape index (κ2) is 3.46. The number of aliphatic imine (C=N–C) groups is 1. The highest BCUT2D eigenvalue weighted by molar-refractivity contribution is 6.16. The van der Waals surface area contributed by atoms with Gasteiger partial charge in [-0.25, -0.2) is 4.39 Å². The van der Waals surface area contributed by atoms with Crippen LogP contribution in [0.4, 0.5) is 10.1 Å². The van der Waals surface area contributed by atoms with Crippen LogP contribution in [0.1, 0.15) is 23.7 Å². The Morgan fingerprint density at radius 2 is 2.20 bits per heavy atom. The summed E-state index contributed by atoms with van der Waals surface area (Å²) in [6.45, 7) is 1.75. The van der Waals surface area contributed by atoms with Gasteiger partial charge in [-0.05, 0) is 6.92 Å². The molecule has 3 nitrogen and oxygen atoms in total. The Hall–Kier alpha value is -1.71. The van der Waals surface area contributed by atoms with E-state index in [0.29, 0.717) is 17.0 Å². The van der Waals surface area contributed by atoms with Gasteiger partial charge in [0, 0.05) is 24.3 Å². The summed E-state index contributed by atoms with van der Waals surface area (Å²) in [5.74, 6) is -0.266. The third-order valence-electron chi connectivity index (χ3n) is 2.27. The Kier molecular flexibility index (Phi) is 2.26. The summed E-state index contributed by atoms with van der Waals surface area (Å²) >= 11 is 0. The van der Waals surface area contributed by atoms with Gasteiger partial charge in [-0.15, -0.1) is 0 Å². The molecular weight excluding hydrogens is 197 g/mol. The minimum atomic E-state index is -0.447. The summed E-state index contributed by atoms with van der Waals surface area (Å²) in [6, 6.07) is 2.45. The molecule has 0 aromatic heterocycles. The van der Waals surface area contributed by atoms with Gasteiger partial charge < -0.3 is 4.74 Å². The fourth-order valence-corrected chi connectivity index (χ4v) is 1.66. The average Bonchev–Trinajstić information content (AvgIpc) is 2.14. The van der Waals surface area contributed by atoms with Gasteiger partial charge in [0.2, 0.25) is 0 Å². The lowest BCUT2D eigenvalue weighted by molar-refractivity contribution is 0.0996. The molecule has 1 heterocycles. The van der Waals surface area contributed by atoms with Gasteiger partial charge in [0.15, 0.2) is 5.78 Å². The van der Waals surface area contributed by atoms with E-state index >= 15 is 0 Å². The van der Waals surface area contributed by atoms with Crippen molar-refractivity contribution in [2.24, 2.45) is 4.99 Å². The lowest BCUT2D eigenvalue weighted by Crippen LogP contribution is -2.12. The van der Waals surface area contributed by atoms with Crippen molar-refractivity contribution >= 4 is 17.2 Å². The van der Waals surface area contributed by atoms with Gasteiger partial charge in [0.25, 0.3) is 0 Å². The Labute approximate surface area is 86.6 Å². The molecule has 1 aromatic carbocycles. The maximum atomic E-state index is 13.1. The van der Waals surface area contributed by atoms with Crippen molar-refractivity contribution in [1.82, 2.24) is 0 Å². The number of carbonyl (C=O) groups is 1. The molecular formula is C11H10FNO2. The second-order valence-corrected chi connectivity index (χ2v) is 3.45. The molecule has 0 saturated carbocycles. The van der Waals surface area contributed by atoms with Crippen LogP contribution in [0.3, 0.4) is 0 Å². The summed E-state index contributed by atoms with van der Waals surface area (Å²) in [6.07, 6.45) is 0.273. The van der Waals surface area contributed by atoms with Crippen molar-refractivity contribution in [3.05, 3.63) is 23.5 Å². The number of methoxy groups -OCH3 is 1. The molecule has 78 valence electrons. The van der Waals surface area contributed by atoms with Crippen LogP contribution in [0.2, 0.25) is 0 Å². The highest BCUT2D eigenvalue weighted by atomic mass is 19.1. The molecule has 0 spiro atoms. The number of Topliss-reactive ketones (excluding diaryl/α,β-unsaturated/α-hetero) is 1. The van der Waals surface area contributed by atoms with E-state index in [2.05, 4.69) is 4.99 Å². The van der Waals surface area contributed by atoms with E-state index in [1.807, 2.05) is 0 Å². The normalized spacial score (nSPS) is 14.6. The van der Waals surface area contributed by atoms with Gasteiger partial charge in [-0.3, -0.25) is 9.79 Å². The summed E-state index contributed by atoms with van der Waals surface area (Å²) in [5, 5.41) is 0. The molecule has 0 aliphatic carbocycles. The molecule has 0 radical (unpaired) electrons. The van der Waals surface area contributed by atoms with Gasteiger partial charge >= 0.3 is 0 Å². The fourth-order valence-electron chi connectivity index (χ4n) is 1.66. The molecule has 15 heavy (non-hydrogen) atoms. The van der Waals surface area contributed by atoms with Crippen LogP contribution < -0.4 is 4.74 Å². The molecule has 1 aliphatic heterocycles. The number of halogens is 1. The number of ketones is 1. The summed E-state index contributed by atoms with van der Waals surface area (Å²) in [5.41, 5.74) is 1.44. The standard InChI is InChI=1S/C11H10FNO2/c1-6-3-9(14)11-8(13-6)4-7(12)5-10(11)15-2/h4-5H,3H2,1-2H3. The number of hydrogen-bond donors (Lipinski definition) is 0. The smallest absolute Gasteiger partial charge is 0.174 e. The summed E-state index contributed by atoms with van der Waals surface area (Å²) in [4.78, 5) is 15.8. The van der Waals surface area contributed by atoms with Gasteiger partial charge in [-0.2, -0.15) is 0 Å². The minimum absolute atomic E-state index is 0.0747. The number of hydrogen-bond acceptors (Lipinski definition) is 3. The maximum Gasteiger partial charge on any atom is 0.174 e. The Bertz CT molecular complexity index is 466. The van der Waals surface area contributed by atoms with Crippen LogP contribution >= 0.6 is 0 Å². The van der Waals surface area contributed by atoms with Crippen LogP contribution in [-0.4, -0.2) is 18.6 Å². The van der Waals surface area contributed by atoms with E-state index < -0.39 is 5.82 Å². The molecule has 0 saturated heterocycles. The second-order valence-electron chi connectivity index (χ2n) is 3.45. The number of carbonyl (C=O) groups excluding carboxylic acids is 1. The van der Waals surface area contributed by atoms with Gasteiger partial charge in [-0.1, -0.05) is 0 Å². The molecule has 0 bridgehead atoms. The highest BCUT2D eigenvalue weighted by Crippen LogP contribution is 2.34.